The number of carboxylic acids is 1. The fourth-order valence-electron chi connectivity index (χ4n) is 4.65. The fraction of sp³-hybridized carbons (Fsp3) is 0.591. The van der Waals surface area contributed by atoms with Gasteiger partial charge in [0.2, 0.25) is 5.91 Å². The van der Waals surface area contributed by atoms with Crippen LogP contribution in [0, 0.1) is 11.8 Å². The Morgan fingerprint density at radius 2 is 1.90 bits per heavy atom. The molecule has 2 aliphatic rings. The number of piperidine rings is 1. The normalized spacial score (nSPS) is 20.8. The monoisotopic (exact) mass is 415 g/mol. The van der Waals surface area contributed by atoms with Gasteiger partial charge in [-0.05, 0) is 43.7 Å². The minimum Gasteiger partial charge on any atom is -0.480 e. The maximum absolute atomic E-state index is 12.9. The minimum atomic E-state index is -0.864. The van der Waals surface area contributed by atoms with Crippen molar-refractivity contribution in [1.82, 2.24) is 14.5 Å². The molecule has 1 amide bonds. The zero-order valence-electron chi connectivity index (χ0n) is 16.8. The SMILES string of the molecule is O=C(O)Cn1c(SCC2CCCN(C(=O)C3CCCCC3)C2)nc2ccccc21. The number of rotatable bonds is 6. The number of carboxylic acid groups (broad SMARTS) is 1. The number of carbonyl (C=O) groups is 2. The van der Waals surface area contributed by atoms with Gasteiger partial charge in [0, 0.05) is 24.8 Å². The largest absolute Gasteiger partial charge is 0.480 e. The molecule has 1 N–H and O–H groups in total. The molecular formula is C22H29N3O3S. The number of thioether (sulfide) groups is 1. The zero-order valence-corrected chi connectivity index (χ0v) is 17.6. The molecule has 156 valence electrons. The second-order valence-corrected chi connectivity index (χ2v) is 9.29. The molecule has 1 saturated heterocycles. The second-order valence-electron chi connectivity index (χ2n) is 8.30. The van der Waals surface area contributed by atoms with Crippen LogP contribution in [-0.4, -0.2) is 50.3 Å². The molecule has 1 aliphatic heterocycles. The Morgan fingerprint density at radius 3 is 2.69 bits per heavy atom. The van der Waals surface area contributed by atoms with Crippen molar-refractivity contribution in [2.24, 2.45) is 11.8 Å². The van der Waals surface area contributed by atoms with Crippen LogP contribution in [-0.2, 0) is 16.1 Å². The molecule has 1 aliphatic carbocycles. The number of hydrogen-bond donors (Lipinski definition) is 1. The Bertz CT molecular complexity index is 875. The highest BCUT2D eigenvalue weighted by molar-refractivity contribution is 7.99. The Hall–Kier alpha value is -2.02. The van der Waals surface area contributed by atoms with Crippen molar-refractivity contribution < 1.29 is 14.7 Å². The summed E-state index contributed by atoms with van der Waals surface area (Å²) in [5.41, 5.74) is 1.68. The molecule has 4 rings (SSSR count). The van der Waals surface area contributed by atoms with Crippen molar-refractivity contribution >= 4 is 34.7 Å². The summed E-state index contributed by atoms with van der Waals surface area (Å²) in [7, 11) is 0. The Labute approximate surface area is 175 Å². The van der Waals surface area contributed by atoms with Gasteiger partial charge in [0.05, 0.1) is 11.0 Å². The van der Waals surface area contributed by atoms with Gasteiger partial charge in [0.25, 0.3) is 0 Å². The van der Waals surface area contributed by atoms with Crippen LogP contribution in [0.3, 0.4) is 0 Å². The Kier molecular flexibility index (Phi) is 6.43. The molecule has 6 nitrogen and oxygen atoms in total. The predicted molar refractivity (Wildman–Crippen MR) is 114 cm³/mol. The van der Waals surface area contributed by atoms with Crippen molar-refractivity contribution in [2.75, 3.05) is 18.8 Å². The van der Waals surface area contributed by atoms with Gasteiger partial charge in [-0.2, -0.15) is 0 Å². The standard InChI is InChI=1S/C22H29N3O3S/c26-20(27)14-25-19-11-5-4-10-18(19)23-22(25)29-15-16-7-6-12-24(13-16)21(28)17-8-2-1-3-9-17/h4-5,10-11,16-17H,1-3,6-9,12-15H2,(H,26,27). The highest BCUT2D eigenvalue weighted by Crippen LogP contribution is 2.31. The lowest BCUT2D eigenvalue weighted by Crippen LogP contribution is -2.44. The molecule has 1 atom stereocenters. The van der Waals surface area contributed by atoms with Gasteiger partial charge < -0.3 is 14.6 Å². The molecule has 0 spiro atoms. The minimum absolute atomic E-state index is 0.0835. The van der Waals surface area contributed by atoms with Gasteiger partial charge in [0.1, 0.15) is 6.54 Å². The average molecular weight is 416 g/mol. The first-order valence-electron chi connectivity index (χ1n) is 10.7. The summed E-state index contributed by atoms with van der Waals surface area (Å²) in [6.45, 7) is 1.62. The number of benzene rings is 1. The quantitative estimate of drug-likeness (QED) is 0.721. The number of aliphatic carboxylic acids is 1. The van der Waals surface area contributed by atoms with Crippen LogP contribution in [0.4, 0.5) is 0 Å². The first-order valence-corrected chi connectivity index (χ1v) is 11.7. The van der Waals surface area contributed by atoms with Gasteiger partial charge in [-0.25, -0.2) is 4.98 Å². The molecule has 1 aromatic heterocycles. The maximum atomic E-state index is 12.9. The third-order valence-corrected chi connectivity index (χ3v) is 7.35. The molecule has 1 unspecified atom stereocenters. The van der Waals surface area contributed by atoms with Gasteiger partial charge in [-0.1, -0.05) is 43.2 Å². The highest BCUT2D eigenvalue weighted by atomic mass is 32.2. The van der Waals surface area contributed by atoms with Crippen LogP contribution in [0.1, 0.15) is 44.9 Å². The number of hydrogen-bond acceptors (Lipinski definition) is 4. The van der Waals surface area contributed by atoms with Gasteiger partial charge >= 0.3 is 5.97 Å². The van der Waals surface area contributed by atoms with E-state index < -0.39 is 5.97 Å². The first kappa shape index (κ1) is 20.3. The molecule has 2 aromatic rings. The lowest BCUT2D eigenvalue weighted by molar-refractivity contribution is -0.138. The van der Waals surface area contributed by atoms with Crippen LogP contribution in [0.2, 0.25) is 0 Å². The molecule has 7 heteroatoms. The molecule has 2 heterocycles. The number of imidazole rings is 1. The van der Waals surface area contributed by atoms with E-state index in [4.69, 9.17) is 0 Å². The molecule has 29 heavy (non-hydrogen) atoms. The summed E-state index contributed by atoms with van der Waals surface area (Å²) in [6, 6.07) is 7.67. The van der Waals surface area contributed by atoms with Gasteiger partial charge in [0.15, 0.2) is 5.16 Å². The van der Waals surface area contributed by atoms with Gasteiger partial charge in [-0.3, -0.25) is 9.59 Å². The number of carbonyl (C=O) groups excluding carboxylic acids is 1. The predicted octanol–water partition coefficient (Wildman–Crippen LogP) is 4.03. The molecule has 0 radical (unpaired) electrons. The summed E-state index contributed by atoms with van der Waals surface area (Å²) >= 11 is 1.62. The fourth-order valence-corrected chi connectivity index (χ4v) is 5.79. The number of likely N-dealkylation sites (tertiary alicyclic amines) is 1. The third-order valence-electron chi connectivity index (χ3n) is 6.15. The van der Waals surface area contributed by atoms with E-state index in [-0.39, 0.29) is 12.5 Å². The summed E-state index contributed by atoms with van der Waals surface area (Å²) in [5, 5.41) is 10.1. The third kappa shape index (κ3) is 4.77. The Morgan fingerprint density at radius 1 is 1.10 bits per heavy atom. The molecule has 1 aromatic carbocycles. The van der Waals surface area contributed by atoms with Crippen LogP contribution in [0.5, 0.6) is 0 Å². The lowest BCUT2D eigenvalue weighted by atomic mass is 9.87. The number of fused-ring (bicyclic) bond motifs is 1. The second kappa shape index (κ2) is 9.20. The summed E-state index contributed by atoms with van der Waals surface area (Å²) in [4.78, 5) is 31.0. The highest BCUT2D eigenvalue weighted by Gasteiger charge is 2.30. The van der Waals surface area contributed by atoms with Crippen molar-refractivity contribution in [3.8, 4) is 0 Å². The van der Waals surface area contributed by atoms with E-state index >= 15 is 0 Å². The molecule has 1 saturated carbocycles. The van der Waals surface area contributed by atoms with Crippen LogP contribution in [0.25, 0.3) is 11.0 Å². The van der Waals surface area contributed by atoms with Crippen molar-refractivity contribution in [2.45, 2.75) is 56.6 Å². The number of amides is 1. The van der Waals surface area contributed by atoms with E-state index in [1.54, 1.807) is 16.3 Å². The van der Waals surface area contributed by atoms with E-state index in [9.17, 15) is 14.7 Å². The van der Waals surface area contributed by atoms with Crippen molar-refractivity contribution in [3.05, 3.63) is 24.3 Å². The van der Waals surface area contributed by atoms with E-state index in [0.717, 1.165) is 60.7 Å². The maximum Gasteiger partial charge on any atom is 0.323 e. The summed E-state index contributed by atoms with van der Waals surface area (Å²) in [6.07, 6.45) is 7.89. The van der Waals surface area contributed by atoms with Crippen LogP contribution in [0.15, 0.2) is 29.4 Å². The smallest absolute Gasteiger partial charge is 0.323 e. The van der Waals surface area contributed by atoms with Gasteiger partial charge in [-0.15, -0.1) is 0 Å². The van der Waals surface area contributed by atoms with Crippen molar-refractivity contribution in [1.29, 1.82) is 0 Å². The lowest BCUT2D eigenvalue weighted by Gasteiger charge is -2.35. The van der Waals surface area contributed by atoms with E-state index in [1.807, 2.05) is 24.3 Å². The number of para-hydroxylation sites is 2. The van der Waals surface area contributed by atoms with E-state index in [1.165, 1.54) is 19.3 Å². The van der Waals surface area contributed by atoms with Crippen molar-refractivity contribution in [3.63, 3.8) is 0 Å². The topological polar surface area (TPSA) is 75.4 Å². The van der Waals surface area contributed by atoms with Crippen LogP contribution >= 0.6 is 11.8 Å². The first-order chi connectivity index (χ1) is 14.1. The number of nitrogens with zero attached hydrogens (tertiary/aromatic N) is 3. The average Bonchev–Trinajstić information content (AvgIpc) is 3.09. The van der Waals surface area contributed by atoms with E-state index in [0.29, 0.717) is 11.8 Å². The molecular weight excluding hydrogens is 386 g/mol. The molecule has 0 bridgehead atoms. The van der Waals surface area contributed by atoms with E-state index in [2.05, 4.69) is 9.88 Å². The zero-order chi connectivity index (χ0) is 20.2. The molecule has 2 fully saturated rings. The Balaban J connectivity index is 1.41. The number of aromatic nitrogens is 2. The van der Waals surface area contributed by atoms with Crippen LogP contribution < -0.4 is 0 Å². The summed E-state index contributed by atoms with van der Waals surface area (Å²) in [5.74, 6) is 1.01. The summed E-state index contributed by atoms with van der Waals surface area (Å²) < 4.78 is 1.79.